The fourth-order valence-corrected chi connectivity index (χ4v) is 2.68. The zero-order valence-electron chi connectivity index (χ0n) is 12.0. The molecular weight excluding hydrogens is 270 g/mol. The van der Waals surface area contributed by atoms with Gasteiger partial charge in [0.2, 0.25) is 0 Å². The van der Waals surface area contributed by atoms with Gasteiger partial charge in [-0.1, -0.05) is 25.1 Å². The molecule has 1 heterocycles. The monoisotopic (exact) mass is 291 g/mol. The quantitative estimate of drug-likeness (QED) is 0.807. The summed E-state index contributed by atoms with van der Waals surface area (Å²) in [5, 5.41) is 5.42. The molecule has 0 bridgehead atoms. The van der Waals surface area contributed by atoms with E-state index in [2.05, 4.69) is 35.8 Å². The van der Waals surface area contributed by atoms with Gasteiger partial charge in [0.15, 0.2) is 11.5 Å². The first-order chi connectivity index (χ1) is 9.85. The highest BCUT2D eigenvalue weighted by molar-refractivity contribution is 7.09. The Balaban J connectivity index is 2.03. The largest absolute Gasteiger partial charge is 0.493 e. The number of rotatable bonds is 8. The number of nitrogens with one attached hydrogen (secondary N) is 1. The van der Waals surface area contributed by atoms with E-state index in [0.29, 0.717) is 6.61 Å². The molecule has 0 aliphatic rings. The zero-order valence-corrected chi connectivity index (χ0v) is 12.8. The molecule has 1 N–H and O–H groups in total. The molecule has 0 radical (unpaired) electrons. The maximum Gasteiger partial charge on any atom is 0.165 e. The number of thiophene rings is 1. The Bertz CT molecular complexity index is 511. The number of hydrogen-bond acceptors (Lipinski definition) is 4. The van der Waals surface area contributed by atoms with E-state index in [1.807, 2.05) is 12.1 Å². The molecular formula is C16H21NO2S. The normalized spacial score (nSPS) is 10.5. The number of para-hydroxylation sites is 1. The Labute approximate surface area is 124 Å². The van der Waals surface area contributed by atoms with Gasteiger partial charge in [0.05, 0.1) is 13.7 Å². The summed E-state index contributed by atoms with van der Waals surface area (Å²) < 4.78 is 11.4. The molecule has 0 saturated carbocycles. The minimum absolute atomic E-state index is 0.667. The van der Waals surface area contributed by atoms with Crippen molar-refractivity contribution in [1.82, 2.24) is 5.32 Å². The lowest BCUT2D eigenvalue weighted by Crippen LogP contribution is -2.13. The summed E-state index contributed by atoms with van der Waals surface area (Å²) in [5.41, 5.74) is 1.14. The molecule has 3 nitrogen and oxygen atoms in total. The van der Waals surface area contributed by atoms with Crippen LogP contribution in [-0.2, 0) is 13.0 Å². The highest BCUT2D eigenvalue weighted by Gasteiger charge is 2.10. The molecule has 2 aromatic rings. The van der Waals surface area contributed by atoms with E-state index < -0.39 is 0 Å². The summed E-state index contributed by atoms with van der Waals surface area (Å²) in [5.74, 6) is 1.65. The van der Waals surface area contributed by atoms with Gasteiger partial charge in [-0.15, -0.1) is 11.3 Å². The van der Waals surface area contributed by atoms with Gasteiger partial charge in [0.1, 0.15) is 0 Å². The summed E-state index contributed by atoms with van der Waals surface area (Å²) in [6, 6.07) is 10.2. The van der Waals surface area contributed by atoms with E-state index in [-0.39, 0.29) is 0 Å². The second kappa shape index (κ2) is 7.92. The highest BCUT2D eigenvalue weighted by atomic mass is 32.1. The highest BCUT2D eigenvalue weighted by Crippen LogP contribution is 2.31. The lowest BCUT2D eigenvalue weighted by molar-refractivity contribution is 0.294. The van der Waals surface area contributed by atoms with Crippen LogP contribution in [0, 0.1) is 0 Å². The van der Waals surface area contributed by atoms with Crippen LogP contribution in [0.25, 0.3) is 0 Å². The molecule has 20 heavy (non-hydrogen) atoms. The Morgan fingerprint density at radius 2 is 2.10 bits per heavy atom. The molecule has 0 aliphatic carbocycles. The van der Waals surface area contributed by atoms with E-state index >= 15 is 0 Å². The Hall–Kier alpha value is -1.52. The molecule has 1 aromatic heterocycles. The molecule has 108 valence electrons. The minimum Gasteiger partial charge on any atom is -0.493 e. The van der Waals surface area contributed by atoms with E-state index in [1.54, 1.807) is 18.4 Å². The van der Waals surface area contributed by atoms with E-state index in [0.717, 1.165) is 36.6 Å². The Morgan fingerprint density at radius 1 is 1.20 bits per heavy atom. The van der Waals surface area contributed by atoms with Crippen molar-refractivity contribution in [3.8, 4) is 11.5 Å². The summed E-state index contributed by atoms with van der Waals surface area (Å²) in [6.07, 6.45) is 0.927. The van der Waals surface area contributed by atoms with Gasteiger partial charge < -0.3 is 14.8 Å². The van der Waals surface area contributed by atoms with Crippen LogP contribution >= 0.6 is 11.3 Å². The predicted octanol–water partition coefficient (Wildman–Crippen LogP) is 3.49. The van der Waals surface area contributed by atoms with Crippen molar-refractivity contribution in [1.29, 1.82) is 0 Å². The van der Waals surface area contributed by atoms with Crippen LogP contribution in [0.15, 0.2) is 35.7 Å². The van der Waals surface area contributed by atoms with Crippen molar-refractivity contribution in [2.75, 3.05) is 20.3 Å². The summed E-state index contributed by atoms with van der Waals surface area (Å²) in [7, 11) is 1.68. The van der Waals surface area contributed by atoms with Gasteiger partial charge in [-0.25, -0.2) is 0 Å². The maximum atomic E-state index is 5.97. The average Bonchev–Trinajstić information content (AvgIpc) is 2.99. The van der Waals surface area contributed by atoms with Crippen molar-refractivity contribution >= 4 is 11.3 Å². The van der Waals surface area contributed by atoms with Crippen molar-refractivity contribution in [3.05, 3.63) is 46.2 Å². The van der Waals surface area contributed by atoms with Crippen LogP contribution in [-0.4, -0.2) is 20.3 Å². The third-order valence-electron chi connectivity index (χ3n) is 3.02. The first kappa shape index (κ1) is 14.9. The second-order valence-corrected chi connectivity index (χ2v) is 5.44. The fourth-order valence-electron chi connectivity index (χ4n) is 1.99. The molecule has 0 spiro atoms. The second-order valence-electron chi connectivity index (χ2n) is 4.41. The van der Waals surface area contributed by atoms with Crippen LogP contribution < -0.4 is 14.8 Å². The molecule has 1 aromatic carbocycles. The maximum absolute atomic E-state index is 5.97. The number of benzene rings is 1. The van der Waals surface area contributed by atoms with Gasteiger partial charge in [0, 0.05) is 23.4 Å². The predicted molar refractivity (Wildman–Crippen MR) is 83.9 cm³/mol. The first-order valence-corrected chi connectivity index (χ1v) is 7.75. The van der Waals surface area contributed by atoms with Crippen LogP contribution in [0.4, 0.5) is 0 Å². The van der Waals surface area contributed by atoms with Gasteiger partial charge in [-0.3, -0.25) is 0 Å². The molecule has 0 amide bonds. The Morgan fingerprint density at radius 3 is 2.80 bits per heavy atom. The summed E-state index contributed by atoms with van der Waals surface area (Å²) in [4.78, 5) is 1.34. The van der Waals surface area contributed by atoms with E-state index in [1.165, 1.54) is 4.88 Å². The van der Waals surface area contributed by atoms with Crippen LogP contribution in [0.2, 0.25) is 0 Å². The Kier molecular flexibility index (Phi) is 5.89. The van der Waals surface area contributed by atoms with E-state index in [9.17, 15) is 0 Å². The molecule has 0 saturated heterocycles. The number of hydrogen-bond donors (Lipinski definition) is 1. The molecule has 2 rings (SSSR count). The SMILES string of the molecule is CCNCc1cccc(OC)c1OCCc1cccs1. The van der Waals surface area contributed by atoms with Crippen LogP contribution in [0.3, 0.4) is 0 Å². The van der Waals surface area contributed by atoms with Gasteiger partial charge in [-0.05, 0) is 24.1 Å². The van der Waals surface area contributed by atoms with Gasteiger partial charge in [-0.2, -0.15) is 0 Å². The number of ether oxygens (including phenoxy) is 2. The lowest BCUT2D eigenvalue weighted by atomic mass is 10.2. The van der Waals surface area contributed by atoms with Crippen molar-refractivity contribution < 1.29 is 9.47 Å². The van der Waals surface area contributed by atoms with Gasteiger partial charge in [0.25, 0.3) is 0 Å². The third-order valence-corrected chi connectivity index (χ3v) is 3.96. The standard InChI is InChI=1S/C16H21NO2S/c1-3-17-12-13-6-4-8-15(18-2)16(13)19-10-9-14-7-5-11-20-14/h4-8,11,17H,3,9-10,12H2,1-2H3. The smallest absolute Gasteiger partial charge is 0.165 e. The molecule has 0 atom stereocenters. The van der Waals surface area contributed by atoms with Gasteiger partial charge >= 0.3 is 0 Å². The van der Waals surface area contributed by atoms with Crippen LogP contribution in [0.1, 0.15) is 17.4 Å². The number of methoxy groups -OCH3 is 1. The fraction of sp³-hybridized carbons (Fsp3) is 0.375. The van der Waals surface area contributed by atoms with Crippen molar-refractivity contribution in [3.63, 3.8) is 0 Å². The third kappa shape index (κ3) is 3.99. The molecule has 0 unspecified atom stereocenters. The molecule has 0 fully saturated rings. The van der Waals surface area contributed by atoms with E-state index in [4.69, 9.17) is 9.47 Å². The lowest BCUT2D eigenvalue weighted by Gasteiger charge is -2.15. The average molecular weight is 291 g/mol. The van der Waals surface area contributed by atoms with Crippen molar-refractivity contribution in [2.24, 2.45) is 0 Å². The topological polar surface area (TPSA) is 30.5 Å². The first-order valence-electron chi connectivity index (χ1n) is 6.87. The van der Waals surface area contributed by atoms with Crippen molar-refractivity contribution in [2.45, 2.75) is 19.9 Å². The molecule has 4 heteroatoms. The van der Waals surface area contributed by atoms with Crippen LogP contribution in [0.5, 0.6) is 11.5 Å². The molecule has 0 aliphatic heterocycles. The minimum atomic E-state index is 0.667. The zero-order chi connectivity index (χ0) is 14.2. The summed E-state index contributed by atoms with van der Waals surface area (Å²) in [6.45, 7) is 4.49. The summed E-state index contributed by atoms with van der Waals surface area (Å²) >= 11 is 1.76.